The molecule has 0 rings (SSSR count). The van der Waals surface area contributed by atoms with Gasteiger partial charge in [-0.05, 0) is 0 Å². The molecule has 34 valence electrons. The van der Waals surface area contributed by atoms with Crippen molar-refractivity contribution in [2.45, 2.75) is 0 Å². The highest BCUT2D eigenvalue weighted by molar-refractivity contribution is 7.81. The molecule has 0 aliphatic rings. The molecule has 5 heavy (non-hydrogen) atoms. The second kappa shape index (κ2) is 4.07. The fourth-order valence-corrected chi connectivity index (χ4v) is 0. The van der Waals surface area contributed by atoms with Gasteiger partial charge < -0.3 is 4.70 Å². The van der Waals surface area contributed by atoms with Crippen LogP contribution in [0.25, 0.3) is 0 Å². The highest BCUT2D eigenvalue weighted by Gasteiger charge is 2.14. The Labute approximate surface area is 29.6 Å². The molecule has 0 saturated heterocycles. The number of hydrogen-bond acceptors (Lipinski definition) is 0. The van der Waals surface area contributed by atoms with Crippen LogP contribution in [-0.4, -0.2) is 0 Å². The van der Waals surface area contributed by atoms with E-state index in [1.165, 1.54) is 0 Å². The summed E-state index contributed by atoms with van der Waals surface area (Å²) in [6, 6.07) is 0. The van der Waals surface area contributed by atoms with Crippen molar-refractivity contribution in [3.8, 4) is 0 Å². The highest BCUT2D eigenvalue weighted by Crippen LogP contribution is 1.95. The van der Waals surface area contributed by atoms with E-state index in [1.807, 2.05) is 0 Å². The van der Waals surface area contributed by atoms with Crippen LogP contribution in [0.4, 0.5) is 11.7 Å². The topological polar surface area (TPSA) is 0 Å². The first-order valence-corrected chi connectivity index (χ1v) is 1.39. The van der Waals surface area contributed by atoms with Gasteiger partial charge in [0.15, 0.2) is 0 Å². The normalized spacial score (nSPS) is 7.20. The van der Waals surface area contributed by atoms with Gasteiger partial charge in [0.2, 0.25) is 0 Å². The molecule has 0 heterocycles. The second-order valence-electron chi connectivity index (χ2n) is 0.175. The zero-order chi connectivity index (χ0) is 3.58. The summed E-state index contributed by atoms with van der Waals surface area (Å²) in [6.07, 6.45) is 0. The second-order valence-corrected chi connectivity index (χ2v) is 0.525. The van der Waals surface area contributed by atoms with Gasteiger partial charge in [0.1, 0.15) is 11.7 Å². The van der Waals surface area contributed by atoms with Crippen LogP contribution in [-0.2, 0) is 12.1 Å². The number of halogens is 4. The highest BCUT2D eigenvalue weighted by atomic mass is 32.3. The van der Waals surface area contributed by atoms with Crippen molar-refractivity contribution < 1.29 is 16.4 Å². The molecule has 0 amide bonds. The minimum Gasteiger partial charge on any atom is -1.00 e. The van der Waals surface area contributed by atoms with Crippen molar-refractivity contribution in [3.63, 3.8) is 0 Å². The van der Waals surface area contributed by atoms with Crippen LogP contribution in [0.15, 0.2) is 0 Å². The van der Waals surface area contributed by atoms with Crippen LogP contribution in [0.3, 0.4) is 0 Å². The van der Waals surface area contributed by atoms with Crippen LogP contribution < -0.4 is 4.70 Å². The maximum atomic E-state index is 9.69. The molecule has 0 aromatic carbocycles. The zero-order valence-electron chi connectivity index (χ0n) is 1.92. The predicted octanol–water partition coefficient (Wildman–Crippen LogP) is -1.74. The van der Waals surface area contributed by atoms with Crippen molar-refractivity contribution >= 4 is 12.1 Å². The Kier molecular flexibility index (Phi) is 7.25. The van der Waals surface area contributed by atoms with Crippen LogP contribution >= 0.6 is 0 Å². The summed E-state index contributed by atoms with van der Waals surface area (Å²) >= 11 is -3.86. The van der Waals surface area contributed by atoms with E-state index in [4.69, 9.17) is 0 Å². The van der Waals surface area contributed by atoms with E-state index in [-0.39, 0.29) is 4.70 Å². The maximum absolute atomic E-state index is 9.69. The van der Waals surface area contributed by atoms with Gasteiger partial charge in [0.25, 0.3) is 0 Å². The minimum atomic E-state index is -3.86. The molecule has 0 saturated carbocycles. The monoisotopic (exact) mass is 108 g/mol. The molecule has 0 unspecified atom stereocenters. The minimum absolute atomic E-state index is 0. The molecule has 0 bridgehead atoms. The Balaban J connectivity index is 0. The molecule has 0 spiro atoms. The summed E-state index contributed by atoms with van der Waals surface area (Å²) in [5.41, 5.74) is 0. The standard InChI is InChI=1S/F3S.FH/c1-4(2)3;/h;1H/q+1;/p-1. The van der Waals surface area contributed by atoms with Gasteiger partial charge in [-0.3, -0.25) is 0 Å². The molecule has 0 aromatic rings. The number of hydrogen-bond donors (Lipinski definition) is 0. The Morgan fingerprint density at radius 2 is 1.00 bits per heavy atom. The Morgan fingerprint density at radius 1 is 1.00 bits per heavy atom. The van der Waals surface area contributed by atoms with Gasteiger partial charge in [-0.1, -0.05) is 0 Å². The molecule has 0 atom stereocenters. The lowest BCUT2D eigenvalue weighted by Crippen LogP contribution is -3.00. The summed E-state index contributed by atoms with van der Waals surface area (Å²) < 4.78 is 29.1. The quantitative estimate of drug-likeness (QED) is 0.255. The first-order chi connectivity index (χ1) is 1.73. The molecule has 0 fully saturated rings. The van der Waals surface area contributed by atoms with E-state index in [0.717, 1.165) is 0 Å². The van der Waals surface area contributed by atoms with E-state index < -0.39 is 12.1 Å². The van der Waals surface area contributed by atoms with E-state index in [9.17, 15) is 11.7 Å². The average Bonchev–Trinajstić information content (AvgIpc) is 0.811. The van der Waals surface area contributed by atoms with Crippen molar-refractivity contribution in [1.29, 1.82) is 0 Å². The molecular formula is F4S. The molecule has 5 heteroatoms. The van der Waals surface area contributed by atoms with Gasteiger partial charge >= 0.3 is 12.1 Å². The molecule has 0 nitrogen and oxygen atoms in total. The fraction of sp³-hybridized carbons (Fsp3) is 0. The van der Waals surface area contributed by atoms with Gasteiger partial charge in [-0.15, -0.1) is 0 Å². The average molecular weight is 108 g/mol. The zero-order valence-corrected chi connectivity index (χ0v) is 2.74. The van der Waals surface area contributed by atoms with Gasteiger partial charge in [-0.2, -0.15) is 0 Å². The molecule has 0 aromatic heterocycles. The van der Waals surface area contributed by atoms with Crippen molar-refractivity contribution in [2.24, 2.45) is 0 Å². The lowest BCUT2D eigenvalue weighted by atomic mass is 18.8. The lowest BCUT2D eigenvalue weighted by Gasteiger charge is -1.37. The third kappa shape index (κ3) is 3560. The van der Waals surface area contributed by atoms with Gasteiger partial charge in [-0.25, -0.2) is 0 Å². The first-order valence-electron chi connectivity index (χ1n) is 0.463. The van der Waals surface area contributed by atoms with Crippen LogP contribution in [0.1, 0.15) is 0 Å². The Morgan fingerprint density at radius 3 is 1.00 bits per heavy atom. The molecule has 0 aliphatic heterocycles. The maximum Gasteiger partial charge on any atom is 0.661 e. The van der Waals surface area contributed by atoms with Crippen LogP contribution in [0.2, 0.25) is 0 Å². The molecular weight excluding hydrogens is 108 g/mol. The Hall–Kier alpha value is 0.0700. The summed E-state index contributed by atoms with van der Waals surface area (Å²) in [5, 5.41) is 0. The van der Waals surface area contributed by atoms with Crippen LogP contribution in [0.5, 0.6) is 0 Å². The van der Waals surface area contributed by atoms with E-state index in [2.05, 4.69) is 0 Å². The summed E-state index contributed by atoms with van der Waals surface area (Å²) in [4.78, 5) is 0. The SMILES string of the molecule is F[S+](F)F.[F-]. The molecule has 0 aliphatic carbocycles. The fourth-order valence-electron chi connectivity index (χ4n) is 0. The third-order valence-corrected chi connectivity index (χ3v) is 0. The van der Waals surface area contributed by atoms with E-state index >= 15 is 0 Å². The lowest BCUT2D eigenvalue weighted by molar-refractivity contribution is -0.00000332. The summed E-state index contributed by atoms with van der Waals surface area (Å²) in [5.74, 6) is 0. The van der Waals surface area contributed by atoms with E-state index in [1.54, 1.807) is 0 Å². The predicted molar refractivity (Wildman–Crippen MR) is 10.7 cm³/mol. The molecule has 0 radical (unpaired) electrons. The van der Waals surface area contributed by atoms with Crippen LogP contribution in [0, 0.1) is 0 Å². The smallest absolute Gasteiger partial charge is 0.661 e. The summed E-state index contributed by atoms with van der Waals surface area (Å²) in [6.45, 7) is 0. The molecule has 0 N–H and O–H groups in total. The van der Waals surface area contributed by atoms with Gasteiger partial charge in [0.05, 0.1) is 0 Å². The Bertz CT molecular complexity index is 8.36. The van der Waals surface area contributed by atoms with Gasteiger partial charge in [0, 0.05) is 0 Å². The summed E-state index contributed by atoms with van der Waals surface area (Å²) in [7, 11) is 0. The largest absolute Gasteiger partial charge is 1.00 e. The van der Waals surface area contributed by atoms with Crippen molar-refractivity contribution in [1.82, 2.24) is 0 Å². The van der Waals surface area contributed by atoms with Crippen molar-refractivity contribution in [2.75, 3.05) is 0 Å². The van der Waals surface area contributed by atoms with E-state index in [0.29, 0.717) is 0 Å². The third-order valence-electron chi connectivity index (χ3n) is 0. The first kappa shape index (κ1) is 8.91. The number of rotatable bonds is 0. The van der Waals surface area contributed by atoms with Crippen molar-refractivity contribution in [3.05, 3.63) is 0 Å².